The number of hydrogen-bond acceptors (Lipinski definition) is 5. The van der Waals surface area contributed by atoms with E-state index in [2.05, 4.69) is 5.32 Å². The Balaban J connectivity index is 1.98. The van der Waals surface area contributed by atoms with Crippen molar-refractivity contribution in [2.75, 3.05) is 19.7 Å². The van der Waals surface area contributed by atoms with Crippen molar-refractivity contribution in [3.05, 3.63) is 24.2 Å². The number of ether oxygens (including phenoxy) is 1. The fraction of sp³-hybridized carbons (Fsp3) is 0.692. The number of hydrogen-bond donors (Lipinski definition) is 3. The molecule has 1 aromatic rings. The topological polar surface area (TPSA) is 74.9 Å². The Kier molecular flexibility index (Phi) is 7.68. The SMILES string of the molecule is CCCC(O)CNCC(O)COCc1ccco1. The van der Waals surface area contributed by atoms with Crippen LogP contribution in [0.4, 0.5) is 0 Å². The lowest BCUT2D eigenvalue weighted by molar-refractivity contribution is 0.0212. The van der Waals surface area contributed by atoms with Crippen molar-refractivity contribution in [1.82, 2.24) is 5.32 Å². The first kappa shape index (κ1) is 15.2. The first-order valence-electron chi connectivity index (χ1n) is 6.39. The second-order valence-electron chi connectivity index (χ2n) is 4.35. The number of aliphatic hydroxyl groups is 2. The summed E-state index contributed by atoms with van der Waals surface area (Å²) in [5.41, 5.74) is 0. The molecule has 2 atom stereocenters. The molecule has 5 heteroatoms. The molecule has 0 radical (unpaired) electrons. The van der Waals surface area contributed by atoms with Gasteiger partial charge >= 0.3 is 0 Å². The van der Waals surface area contributed by atoms with Gasteiger partial charge in [0.15, 0.2) is 0 Å². The summed E-state index contributed by atoms with van der Waals surface area (Å²) in [4.78, 5) is 0. The van der Waals surface area contributed by atoms with E-state index in [0.717, 1.165) is 18.6 Å². The van der Waals surface area contributed by atoms with Crippen molar-refractivity contribution in [1.29, 1.82) is 0 Å². The predicted molar refractivity (Wildman–Crippen MR) is 68.2 cm³/mol. The molecule has 2 unspecified atom stereocenters. The average molecular weight is 257 g/mol. The third-order valence-corrected chi connectivity index (χ3v) is 2.52. The van der Waals surface area contributed by atoms with Gasteiger partial charge in [-0.3, -0.25) is 0 Å². The third kappa shape index (κ3) is 6.76. The zero-order chi connectivity index (χ0) is 13.2. The van der Waals surface area contributed by atoms with Crippen LogP contribution < -0.4 is 5.32 Å². The molecular weight excluding hydrogens is 234 g/mol. The van der Waals surface area contributed by atoms with Gasteiger partial charge in [-0.15, -0.1) is 0 Å². The summed E-state index contributed by atoms with van der Waals surface area (Å²) in [6, 6.07) is 3.62. The largest absolute Gasteiger partial charge is 0.467 e. The van der Waals surface area contributed by atoms with Crippen LogP contribution in [0.5, 0.6) is 0 Å². The molecule has 0 aliphatic rings. The van der Waals surface area contributed by atoms with E-state index in [1.54, 1.807) is 12.3 Å². The molecule has 1 aromatic heterocycles. The maximum Gasteiger partial charge on any atom is 0.129 e. The smallest absolute Gasteiger partial charge is 0.129 e. The van der Waals surface area contributed by atoms with Crippen molar-refractivity contribution in [3.63, 3.8) is 0 Å². The van der Waals surface area contributed by atoms with Gasteiger partial charge in [0, 0.05) is 13.1 Å². The minimum absolute atomic E-state index is 0.248. The van der Waals surface area contributed by atoms with E-state index in [4.69, 9.17) is 9.15 Å². The summed E-state index contributed by atoms with van der Waals surface area (Å²) in [6.45, 7) is 3.56. The van der Waals surface area contributed by atoms with Gasteiger partial charge in [0.05, 0.1) is 25.1 Å². The van der Waals surface area contributed by atoms with Crippen molar-refractivity contribution in [3.8, 4) is 0 Å². The van der Waals surface area contributed by atoms with Crippen LogP contribution in [0.3, 0.4) is 0 Å². The second kappa shape index (κ2) is 9.10. The number of aliphatic hydroxyl groups excluding tert-OH is 2. The van der Waals surface area contributed by atoms with Gasteiger partial charge in [0.2, 0.25) is 0 Å². The molecule has 5 nitrogen and oxygen atoms in total. The van der Waals surface area contributed by atoms with E-state index in [-0.39, 0.29) is 12.7 Å². The number of rotatable bonds is 10. The molecule has 0 amide bonds. The van der Waals surface area contributed by atoms with Crippen molar-refractivity contribution >= 4 is 0 Å². The van der Waals surface area contributed by atoms with Crippen LogP contribution in [0.25, 0.3) is 0 Å². The van der Waals surface area contributed by atoms with Gasteiger partial charge in [-0.05, 0) is 18.6 Å². The molecule has 0 aromatic carbocycles. The zero-order valence-corrected chi connectivity index (χ0v) is 10.8. The lowest BCUT2D eigenvalue weighted by Gasteiger charge is -2.14. The molecule has 0 fully saturated rings. The molecule has 0 saturated carbocycles. The summed E-state index contributed by atoms with van der Waals surface area (Å²) in [5, 5.41) is 22.1. The second-order valence-corrected chi connectivity index (χ2v) is 4.35. The molecule has 1 rings (SSSR count). The standard InChI is InChI=1S/C13H23NO4/c1-2-4-11(15)7-14-8-12(16)9-17-10-13-5-3-6-18-13/h3,5-6,11-12,14-16H,2,4,7-10H2,1H3. The molecule has 3 N–H and O–H groups in total. The van der Waals surface area contributed by atoms with E-state index in [1.165, 1.54) is 0 Å². The molecule has 0 aliphatic heterocycles. The predicted octanol–water partition coefficient (Wildman–Crippen LogP) is 0.908. The van der Waals surface area contributed by atoms with Gasteiger partial charge < -0.3 is 24.7 Å². The Morgan fingerprint density at radius 3 is 2.78 bits per heavy atom. The first-order valence-corrected chi connectivity index (χ1v) is 6.39. The van der Waals surface area contributed by atoms with Crippen LogP contribution in [-0.4, -0.2) is 42.1 Å². The van der Waals surface area contributed by atoms with Gasteiger partial charge in [-0.25, -0.2) is 0 Å². The van der Waals surface area contributed by atoms with Crippen LogP contribution in [0.15, 0.2) is 22.8 Å². The van der Waals surface area contributed by atoms with Gasteiger partial charge in [-0.2, -0.15) is 0 Å². The lowest BCUT2D eigenvalue weighted by Crippen LogP contribution is -2.35. The highest BCUT2D eigenvalue weighted by Crippen LogP contribution is 2.02. The van der Waals surface area contributed by atoms with Crippen LogP contribution in [0.1, 0.15) is 25.5 Å². The molecule has 0 spiro atoms. The van der Waals surface area contributed by atoms with Crippen LogP contribution in [0.2, 0.25) is 0 Å². The maximum atomic E-state index is 9.62. The molecule has 0 saturated heterocycles. The Labute approximate surface area is 108 Å². The van der Waals surface area contributed by atoms with Gasteiger partial charge in [-0.1, -0.05) is 13.3 Å². The minimum Gasteiger partial charge on any atom is -0.467 e. The molecule has 1 heterocycles. The summed E-state index contributed by atoms with van der Waals surface area (Å²) >= 11 is 0. The van der Waals surface area contributed by atoms with E-state index in [1.807, 2.05) is 13.0 Å². The molecular formula is C13H23NO4. The highest BCUT2D eigenvalue weighted by molar-refractivity contribution is 4.96. The highest BCUT2D eigenvalue weighted by atomic mass is 16.5. The van der Waals surface area contributed by atoms with Gasteiger partial charge in [0.1, 0.15) is 12.4 Å². The van der Waals surface area contributed by atoms with Crippen molar-refractivity contribution in [2.45, 2.75) is 38.6 Å². The normalized spacial score (nSPS) is 14.6. The van der Waals surface area contributed by atoms with Crippen LogP contribution in [-0.2, 0) is 11.3 Å². The van der Waals surface area contributed by atoms with Gasteiger partial charge in [0.25, 0.3) is 0 Å². The zero-order valence-electron chi connectivity index (χ0n) is 10.8. The maximum absolute atomic E-state index is 9.62. The Morgan fingerprint density at radius 2 is 2.11 bits per heavy atom. The molecule has 104 valence electrons. The van der Waals surface area contributed by atoms with Crippen LogP contribution >= 0.6 is 0 Å². The third-order valence-electron chi connectivity index (χ3n) is 2.52. The van der Waals surface area contributed by atoms with E-state index >= 15 is 0 Å². The average Bonchev–Trinajstić information content (AvgIpc) is 2.82. The monoisotopic (exact) mass is 257 g/mol. The quantitative estimate of drug-likeness (QED) is 0.581. The lowest BCUT2D eigenvalue weighted by atomic mass is 10.2. The van der Waals surface area contributed by atoms with Crippen molar-refractivity contribution in [2.24, 2.45) is 0 Å². The fourth-order valence-electron chi connectivity index (χ4n) is 1.60. The summed E-state index contributed by atoms with van der Waals surface area (Å²) in [5.74, 6) is 0.744. The Bertz CT molecular complexity index is 289. The van der Waals surface area contributed by atoms with Crippen molar-refractivity contribution < 1.29 is 19.4 Å². The Morgan fingerprint density at radius 1 is 1.33 bits per heavy atom. The fourth-order valence-corrected chi connectivity index (χ4v) is 1.60. The van der Waals surface area contributed by atoms with E-state index in [0.29, 0.717) is 19.7 Å². The molecule has 0 bridgehead atoms. The minimum atomic E-state index is -0.575. The first-order chi connectivity index (χ1) is 8.72. The number of furan rings is 1. The Hall–Kier alpha value is -0.880. The highest BCUT2D eigenvalue weighted by Gasteiger charge is 2.07. The summed E-state index contributed by atoms with van der Waals surface area (Å²) in [7, 11) is 0. The molecule has 0 aliphatic carbocycles. The number of nitrogens with one attached hydrogen (secondary N) is 1. The molecule has 18 heavy (non-hydrogen) atoms. The summed E-state index contributed by atoms with van der Waals surface area (Å²) in [6.07, 6.45) is 2.40. The van der Waals surface area contributed by atoms with E-state index in [9.17, 15) is 10.2 Å². The summed E-state index contributed by atoms with van der Waals surface area (Å²) < 4.78 is 10.4. The van der Waals surface area contributed by atoms with Crippen LogP contribution in [0, 0.1) is 0 Å². The van der Waals surface area contributed by atoms with E-state index < -0.39 is 6.10 Å².